The fourth-order valence-corrected chi connectivity index (χ4v) is 5.27. The summed E-state index contributed by atoms with van der Waals surface area (Å²) in [6.07, 6.45) is 7.60. The highest BCUT2D eigenvalue weighted by Gasteiger charge is 2.42. The molecule has 1 saturated carbocycles. The van der Waals surface area contributed by atoms with E-state index in [1.807, 2.05) is 48.8 Å². The number of fused-ring (bicyclic) bond motifs is 3. The number of imidazole rings is 1. The normalized spacial score (nSPS) is 15.3. The van der Waals surface area contributed by atoms with Gasteiger partial charge in [0.15, 0.2) is 5.82 Å². The maximum atomic E-state index is 13.2. The van der Waals surface area contributed by atoms with Gasteiger partial charge in [-0.1, -0.05) is 54.8 Å². The van der Waals surface area contributed by atoms with Crippen LogP contribution >= 0.6 is 11.6 Å². The summed E-state index contributed by atoms with van der Waals surface area (Å²) < 4.78 is 2.14. The van der Waals surface area contributed by atoms with Gasteiger partial charge in [0.1, 0.15) is 5.52 Å². The molecule has 1 fully saturated rings. The molecule has 0 spiro atoms. The first-order valence-corrected chi connectivity index (χ1v) is 12.0. The van der Waals surface area contributed by atoms with Gasteiger partial charge < -0.3 is 15.6 Å². The van der Waals surface area contributed by atoms with Gasteiger partial charge in [-0.25, -0.2) is 9.97 Å². The predicted octanol–water partition coefficient (Wildman–Crippen LogP) is 5.23. The number of para-hydroxylation sites is 1. The lowest BCUT2D eigenvalue weighted by molar-refractivity contribution is -0.126. The smallest absolute Gasteiger partial charge is 0.230 e. The zero-order valence-electron chi connectivity index (χ0n) is 18.6. The number of amides is 1. The van der Waals surface area contributed by atoms with Crippen LogP contribution in [0, 0.1) is 0 Å². The minimum atomic E-state index is -0.422. The van der Waals surface area contributed by atoms with E-state index in [1.54, 1.807) is 0 Å². The molecule has 0 saturated heterocycles. The van der Waals surface area contributed by atoms with Gasteiger partial charge in [-0.2, -0.15) is 0 Å². The van der Waals surface area contributed by atoms with E-state index < -0.39 is 5.41 Å². The Hall–Kier alpha value is -3.12. The van der Waals surface area contributed by atoms with E-state index >= 15 is 0 Å². The minimum Gasteiger partial charge on any atom is -0.382 e. The number of nitrogens with two attached hydrogens (primary N) is 1. The lowest BCUT2D eigenvalue weighted by Gasteiger charge is -2.28. The fraction of sp³-hybridized carbons (Fsp3) is 0.346. The maximum absolute atomic E-state index is 13.2. The number of hydrogen-bond donors (Lipinski definition) is 2. The third kappa shape index (κ3) is 4.04. The Bertz CT molecular complexity index is 1290. The van der Waals surface area contributed by atoms with Gasteiger partial charge in [-0.15, -0.1) is 0 Å². The second-order valence-corrected chi connectivity index (χ2v) is 9.34. The highest BCUT2D eigenvalue weighted by Crippen LogP contribution is 2.41. The Labute approximate surface area is 198 Å². The van der Waals surface area contributed by atoms with Crippen LogP contribution in [0.25, 0.3) is 21.9 Å². The lowest BCUT2D eigenvalue weighted by atomic mass is 9.78. The van der Waals surface area contributed by atoms with Gasteiger partial charge in [-0.05, 0) is 49.4 Å². The summed E-state index contributed by atoms with van der Waals surface area (Å²) in [6.45, 7) is 1.47. The molecule has 2 aromatic carbocycles. The summed E-state index contributed by atoms with van der Waals surface area (Å²) in [4.78, 5) is 22.2. The number of anilines is 1. The average Bonchev–Trinajstić information content (AvgIpc) is 3.48. The van der Waals surface area contributed by atoms with E-state index in [-0.39, 0.29) is 5.91 Å². The second kappa shape index (κ2) is 9.02. The second-order valence-electron chi connectivity index (χ2n) is 8.91. The van der Waals surface area contributed by atoms with E-state index in [1.165, 1.54) is 0 Å². The molecule has 5 rings (SSSR count). The van der Waals surface area contributed by atoms with E-state index in [2.05, 4.69) is 25.9 Å². The third-order valence-electron chi connectivity index (χ3n) is 6.88. The number of nitrogens with one attached hydrogen (secondary N) is 1. The Morgan fingerprint density at radius 3 is 2.64 bits per heavy atom. The first kappa shape index (κ1) is 21.7. The molecule has 1 aliphatic carbocycles. The molecule has 170 valence electrons. The van der Waals surface area contributed by atoms with Gasteiger partial charge in [-0.3, -0.25) is 4.79 Å². The number of unbranched alkanes of at least 4 members (excludes halogenated alkanes) is 1. The molecule has 2 heterocycles. The van der Waals surface area contributed by atoms with Gasteiger partial charge in [0.05, 0.1) is 22.8 Å². The summed E-state index contributed by atoms with van der Waals surface area (Å²) in [6, 6.07) is 15.8. The van der Waals surface area contributed by atoms with Crippen molar-refractivity contribution in [2.24, 2.45) is 0 Å². The number of halogens is 1. The monoisotopic (exact) mass is 461 g/mol. The molecule has 7 heteroatoms. The summed E-state index contributed by atoms with van der Waals surface area (Å²) in [7, 11) is 0. The molecule has 6 nitrogen and oxygen atoms in total. The molecule has 33 heavy (non-hydrogen) atoms. The number of benzene rings is 2. The lowest BCUT2D eigenvalue weighted by Crippen LogP contribution is -2.43. The minimum absolute atomic E-state index is 0.139. The Kier molecular flexibility index (Phi) is 5.94. The summed E-state index contributed by atoms with van der Waals surface area (Å²) >= 11 is 6.06. The predicted molar refractivity (Wildman–Crippen MR) is 133 cm³/mol. The summed E-state index contributed by atoms with van der Waals surface area (Å²) in [5.41, 5.74) is 9.43. The van der Waals surface area contributed by atoms with Crippen molar-refractivity contribution < 1.29 is 4.79 Å². The summed E-state index contributed by atoms with van der Waals surface area (Å²) in [5, 5.41) is 4.96. The molecule has 4 aromatic rings. The maximum Gasteiger partial charge on any atom is 0.230 e. The van der Waals surface area contributed by atoms with Crippen LogP contribution in [0.15, 0.2) is 54.9 Å². The molecule has 0 aliphatic heterocycles. The van der Waals surface area contributed by atoms with E-state index in [9.17, 15) is 4.79 Å². The molecule has 0 radical (unpaired) electrons. The van der Waals surface area contributed by atoms with Gasteiger partial charge in [0.25, 0.3) is 0 Å². The first-order valence-electron chi connectivity index (χ1n) is 11.6. The Morgan fingerprint density at radius 1 is 1.09 bits per heavy atom. The van der Waals surface area contributed by atoms with Crippen LogP contribution in [-0.2, 0) is 16.8 Å². The van der Waals surface area contributed by atoms with Crippen molar-refractivity contribution in [3.05, 3.63) is 65.4 Å². The number of aryl methyl sites for hydroxylation is 1. The number of nitrogen functional groups attached to an aromatic ring is 1. The van der Waals surface area contributed by atoms with Crippen LogP contribution in [0.5, 0.6) is 0 Å². The van der Waals surface area contributed by atoms with Crippen molar-refractivity contribution in [1.29, 1.82) is 0 Å². The molecular formula is C26H28ClN5O. The molecule has 0 unspecified atom stereocenters. The van der Waals surface area contributed by atoms with Crippen LogP contribution in [-0.4, -0.2) is 27.0 Å². The van der Waals surface area contributed by atoms with Crippen molar-refractivity contribution in [1.82, 2.24) is 19.9 Å². The van der Waals surface area contributed by atoms with Crippen molar-refractivity contribution in [3.8, 4) is 0 Å². The number of nitrogens with zero attached hydrogens (tertiary/aromatic N) is 3. The first-order chi connectivity index (χ1) is 16.1. The van der Waals surface area contributed by atoms with Crippen LogP contribution in [0.1, 0.15) is 44.1 Å². The van der Waals surface area contributed by atoms with E-state index in [0.29, 0.717) is 17.4 Å². The zero-order valence-corrected chi connectivity index (χ0v) is 19.3. The van der Waals surface area contributed by atoms with E-state index in [0.717, 1.165) is 72.6 Å². The highest BCUT2D eigenvalue weighted by atomic mass is 35.5. The van der Waals surface area contributed by atoms with Crippen molar-refractivity contribution in [2.45, 2.75) is 50.5 Å². The Morgan fingerprint density at radius 2 is 1.85 bits per heavy atom. The largest absolute Gasteiger partial charge is 0.382 e. The highest BCUT2D eigenvalue weighted by molar-refractivity contribution is 6.30. The summed E-state index contributed by atoms with van der Waals surface area (Å²) in [5.74, 6) is 0.596. The number of rotatable bonds is 7. The third-order valence-corrected chi connectivity index (χ3v) is 7.13. The molecule has 0 atom stereocenters. The van der Waals surface area contributed by atoms with Crippen molar-refractivity contribution >= 4 is 45.3 Å². The standard InChI is InChI=1S/C26H28ClN5O/c27-19-11-9-18(10-12-19)26(13-3-4-14-26)25(33)29-15-5-6-16-32-17-30-22-23(32)20-7-1-2-8-21(20)31-24(22)28/h1-2,7-12,17H,3-6,13-16H2,(H2,28,31)(H,29,33). The molecule has 2 aromatic heterocycles. The molecule has 1 aliphatic rings. The van der Waals surface area contributed by atoms with Gasteiger partial charge >= 0.3 is 0 Å². The van der Waals surface area contributed by atoms with Crippen LogP contribution in [0.4, 0.5) is 5.82 Å². The number of carbonyl (C=O) groups is 1. The fourth-order valence-electron chi connectivity index (χ4n) is 5.15. The van der Waals surface area contributed by atoms with Crippen LogP contribution in [0.2, 0.25) is 5.02 Å². The Balaban J connectivity index is 1.23. The molecular weight excluding hydrogens is 434 g/mol. The van der Waals surface area contributed by atoms with Crippen LogP contribution in [0.3, 0.4) is 0 Å². The SMILES string of the molecule is Nc1nc2ccccc2c2c1ncn2CCCCNC(=O)C1(c2ccc(Cl)cc2)CCCC1. The number of carbonyl (C=O) groups excluding carboxylic acids is 1. The molecule has 0 bridgehead atoms. The number of hydrogen-bond acceptors (Lipinski definition) is 4. The average molecular weight is 462 g/mol. The van der Waals surface area contributed by atoms with Crippen molar-refractivity contribution in [3.63, 3.8) is 0 Å². The number of aromatic nitrogens is 3. The van der Waals surface area contributed by atoms with Gasteiger partial charge in [0, 0.05) is 23.5 Å². The molecule has 1 amide bonds. The van der Waals surface area contributed by atoms with Crippen LogP contribution < -0.4 is 11.1 Å². The topological polar surface area (TPSA) is 85.8 Å². The van der Waals surface area contributed by atoms with Crippen molar-refractivity contribution in [2.75, 3.05) is 12.3 Å². The zero-order chi connectivity index (χ0) is 22.8. The quantitative estimate of drug-likeness (QED) is 0.369. The van der Waals surface area contributed by atoms with Gasteiger partial charge in [0.2, 0.25) is 5.91 Å². The number of pyridine rings is 1. The van der Waals surface area contributed by atoms with E-state index in [4.69, 9.17) is 17.3 Å². The molecule has 3 N–H and O–H groups in total.